The molecule has 2 N–H and O–H groups in total. The van der Waals surface area contributed by atoms with Gasteiger partial charge in [0.15, 0.2) is 0 Å². The summed E-state index contributed by atoms with van der Waals surface area (Å²) in [6.07, 6.45) is 15.9. The average molecular weight is 197 g/mol. The smallest absolute Gasteiger partial charge is 0.00773 e. The van der Waals surface area contributed by atoms with Gasteiger partial charge in [-0.2, -0.15) is 0 Å². The zero-order valence-corrected chi connectivity index (χ0v) is 9.64. The number of rotatable bonds is 10. The van der Waals surface area contributed by atoms with Gasteiger partial charge in [-0.25, -0.2) is 0 Å². The summed E-state index contributed by atoms with van der Waals surface area (Å²) < 4.78 is 0. The quantitative estimate of drug-likeness (QED) is 0.529. The second-order valence-corrected chi connectivity index (χ2v) is 4.85. The molecule has 1 aliphatic carbocycles. The Kier molecular flexibility index (Phi) is 7.12. The molecule has 1 fully saturated rings. The van der Waals surface area contributed by atoms with E-state index in [-0.39, 0.29) is 0 Å². The first-order valence-corrected chi connectivity index (χ1v) is 6.63. The molecule has 0 aliphatic heterocycles. The van der Waals surface area contributed by atoms with Crippen LogP contribution in [0.2, 0.25) is 0 Å². The van der Waals surface area contributed by atoms with Crippen LogP contribution in [0.25, 0.3) is 0 Å². The minimum Gasteiger partial charge on any atom is -0.330 e. The fourth-order valence-electron chi connectivity index (χ4n) is 2.04. The van der Waals surface area contributed by atoms with Crippen molar-refractivity contribution < 1.29 is 0 Å². The molecule has 0 unspecified atom stereocenters. The van der Waals surface area contributed by atoms with E-state index >= 15 is 0 Å². The highest BCUT2D eigenvalue weighted by molar-refractivity contribution is 4.72. The van der Waals surface area contributed by atoms with Crippen LogP contribution in [0.15, 0.2) is 0 Å². The largest absolute Gasteiger partial charge is 0.330 e. The van der Waals surface area contributed by atoms with Crippen LogP contribution in [0.3, 0.4) is 0 Å². The fourth-order valence-corrected chi connectivity index (χ4v) is 2.04. The molecule has 0 aromatic rings. The lowest BCUT2D eigenvalue weighted by Gasteiger charge is -2.01. The summed E-state index contributed by atoms with van der Waals surface area (Å²) in [5.74, 6) is 1.14. The van der Waals surface area contributed by atoms with E-state index in [1.807, 2.05) is 0 Å². The third-order valence-corrected chi connectivity index (χ3v) is 3.26. The van der Waals surface area contributed by atoms with Gasteiger partial charge in [0.05, 0.1) is 0 Å². The summed E-state index contributed by atoms with van der Waals surface area (Å²) in [6, 6.07) is 0. The molecule has 0 saturated heterocycles. The van der Waals surface area contributed by atoms with Crippen LogP contribution in [0.1, 0.15) is 70.6 Å². The van der Waals surface area contributed by atoms with Gasteiger partial charge < -0.3 is 5.73 Å². The van der Waals surface area contributed by atoms with Gasteiger partial charge in [0.25, 0.3) is 0 Å². The highest BCUT2D eigenvalue weighted by atomic mass is 14.5. The number of hydrogen-bond donors (Lipinski definition) is 1. The maximum Gasteiger partial charge on any atom is -0.00773 e. The van der Waals surface area contributed by atoms with Crippen molar-refractivity contribution in [3.63, 3.8) is 0 Å². The normalized spacial score (nSPS) is 16.1. The van der Waals surface area contributed by atoms with E-state index in [4.69, 9.17) is 5.73 Å². The fraction of sp³-hybridized carbons (Fsp3) is 1.00. The first kappa shape index (κ1) is 12.0. The van der Waals surface area contributed by atoms with Crippen molar-refractivity contribution in [3.8, 4) is 0 Å². The van der Waals surface area contributed by atoms with Gasteiger partial charge in [0, 0.05) is 0 Å². The zero-order chi connectivity index (χ0) is 10.1. The number of unbranched alkanes of at least 4 members (excludes halogenated alkanes) is 7. The van der Waals surface area contributed by atoms with Crippen LogP contribution in [-0.4, -0.2) is 6.54 Å². The first-order chi connectivity index (χ1) is 6.93. The molecule has 0 heterocycles. The van der Waals surface area contributed by atoms with Crippen molar-refractivity contribution in [2.24, 2.45) is 11.7 Å². The van der Waals surface area contributed by atoms with Crippen molar-refractivity contribution in [2.45, 2.75) is 70.6 Å². The molecule has 1 rings (SSSR count). The summed E-state index contributed by atoms with van der Waals surface area (Å²) in [4.78, 5) is 0. The molecule has 1 nitrogen and oxygen atoms in total. The van der Waals surface area contributed by atoms with Crippen LogP contribution >= 0.6 is 0 Å². The molecule has 84 valence electrons. The Balaban J connectivity index is 1.63. The Bertz CT molecular complexity index is 118. The van der Waals surface area contributed by atoms with E-state index in [0.29, 0.717) is 0 Å². The second-order valence-electron chi connectivity index (χ2n) is 4.85. The van der Waals surface area contributed by atoms with E-state index in [2.05, 4.69) is 0 Å². The molecule has 0 atom stereocenters. The Morgan fingerprint density at radius 3 is 1.71 bits per heavy atom. The SMILES string of the molecule is NCCCCCCCCCCC1CC1. The van der Waals surface area contributed by atoms with Gasteiger partial charge >= 0.3 is 0 Å². The van der Waals surface area contributed by atoms with E-state index in [1.54, 1.807) is 0 Å². The molecule has 0 spiro atoms. The molecule has 0 bridgehead atoms. The highest BCUT2D eigenvalue weighted by Crippen LogP contribution is 2.34. The standard InChI is InChI=1S/C13H27N/c14-12-8-6-4-2-1-3-5-7-9-13-10-11-13/h13H,1-12,14H2. The van der Waals surface area contributed by atoms with Gasteiger partial charge in [-0.3, -0.25) is 0 Å². The average Bonchev–Trinajstić information content (AvgIpc) is 2.99. The predicted octanol–water partition coefficient (Wildman–Crippen LogP) is 3.87. The minimum atomic E-state index is 0.876. The van der Waals surface area contributed by atoms with Crippen LogP contribution < -0.4 is 5.73 Å². The molecule has 1 heteroatoms. The molecular formula is C13H27N. The molecular weight excluding hydrogens is 170 g/mol. The molecule has 1 aliphatic rings. The van der Waals surface area contributed by atoms with Crippen LogP contribution in [-0.2, 0) is 0 Å². The lowest BCUT2D eigenvalue weighted by Crippen LogP contribution is -1.97. The molecule has 1 saturated carbocycles. The van der Waals surface area contributed by atoms with E-state index in [0.717, 1.165) is 12.5 Å². The summed E-state index contributed by atoms with van der Waals surface area (Å²) in [7, 11) is 0. The van der Waals surface area contributed by atoms with Gasteiger partial charge in [-0.15, -0.1) is 0 Å². The van der Waals surface area contributed by atoms with E-state index < -0.39 is 0 Å². The highest BCUT2D eigenvalue weighted by Gasteiger charge is 2.19. The third kappa shape index (κ3) is 7.37. The van der Waals surface area contributed by atoms with Gasteiger partial charge in [-0.1, -0.05) is 64.2 Å². The lowest BCUT2D eigenvalue weighted by molar-refractivity contribution is 0.548. The van der Waals surface area contributed by atoms with Crippen LogP contribution in [0, 0.1) is 5.92 Å². The van der Waals surface area contributed by atoms with Crippen LogP contribution in [0.4, 0.5) is 0 Å². The van der Waals surface area contributed by atoms with Crippen molar-refractivity contribution in [1.29, 1.82) is 0 Å². The van der Waals surface area contributed by atoms with Crippen molar-refractivity contribution in [3.05, 3.63) is 0 Å². The molecule has 0 radical (unpaired) electrons. The monoisotopic (exact) mass is 197 g/mol. The van der Waals surface area contributed by atoms with Crippen molar-refractivity contribution in [1.82, 2.24) is 0 Å². The van der Waals surface area contributed by atoms with Gasteiger partial charge in [-0.05, 0) is 18.9 Å². The second kappa shape index (κ2) is 8.28. The van der Waals surface area contributed by atoms with Crippen molar-refractivity contribution in [2.75, 3.05) is 6.54 Å². The Hall–Kier alpha value is -0.0400. The summed E-state index contributed by atoms with van der Waals surface area (Å²) in [5, 5.41) is 0. The van der Waals surface area contributed by atoms with Gasteiger partial charge in [0.2, 0.25) is 0 Å². The topological polar surface area (TPSA) is 26.0 Å². The number of nitrogens with two attached hydrogens (primary N) is 1. The first-order valence-electron chi connectivity index (χ1n) is 6.63. The molecule has 0 amide bonds. The number of hydrogen-bond acceptors (Lipinski definition) is 1. The maximum absolute atomic E-state index is 5.44. The minimum absolute atomic E-state index is 0.876. The summed E-state index contributed by atoms with van der Waals surface area (Å²) in [6.45, 7) is 0.876. The molecule has 14 heavy (non-hydrogen) atoms. The Labute approximate surface area is 89.5 Å². The summed E-state index contributed by atoms with van der Waals surface area (Å²) in [5.41, 5.74) is 5.44. The zero-order valence-electron chi connectivity index (χ0n) is 9.64. The lowest BCUT2D eigenvalue weighted by atomic mass is 10.1. The van der Waals surface area contributed by atoms with E-state index in [9.17, 15) is 0 Å². The van der Waals surface area contributed by atoms with E-state index in [1.165, 1.54) is 70.6 Å². The van der Waals surface area contributed by atoms with Gasteiger partial charge in [0.1, 0.15) is 0 Å². The Morgan fingerprint density at radius 1 is 0.714 bits per heavy atom. The molecule has 0 aromatic carbocycles. The van der Waals surface area contributed by atoms with Crippen molar-refractivity contribution >= 4 is 0 Å². The molecule has 0 aromatic heterocycles. The maximum atomic E-state index is 5.44. The Morgan fingerprint density at radius 2 is 1.21 bits per heavy atom. The summed E-state index contributed by atoms with van der Waals surface area (Å²) >= 11 is 0. The predicted molar refractivity (Wildman–Crippen MR) is 63.3 cm³/mol. The third-order valence-electron chi connectivity index (χ3n) is 3.26. The van der Waals surface area contributed by atoms with Crippen LogP contribution in [0.5, 0.6) is 0 Å².